The number of benzene rings is 1. The first-order valence-corrected chi connectivity index (χ1v) is 7.51. The number of hydrogen-bond donors (Lipinski definition) is 1. The minimum Gasteiger partial charge on any atom is -0.454 e. The van der Waals surface area contributed by atoms with E-state index >= 15 is 0 Å². The van der Waals surface area contributed by atoms with Gasteiger partial charge in [0.1, 0.15) is 0 Å². The molecule has 19 heavy (non-hydrogen) atoms. The molecule has 2 aliphatic carbocycles. The van der Waals surface area contributed by atoms with Gasteiger partial charge in [-0.3, -0.25) is 0 Å². The Morgan fingerprint density at radius 2 is 2.11 bits per heavy atom. The highest BCUT2D eigenvalue weighted by Crippen LogP contribution is 2.52. The smallest absolute Gasteiger partial charge is 0.231 e. The third-order valence-electron chi connectivity index (χ3n) is 5.11. The molecule has 4 rings (SSSR count). The fraction of sp³-hybridized carbons (Fsp3) is 0.625. The van der Waals surface area contributed by atoms with Crippen LogP contribution in [0, 0.1) is 5.92 Å². The second-order valence-electron chi connectivity index (χ2n) is 6.01. The van der Waals surface area contributed by atoms with E-state index in [1.54, 1.807) is 0 Å². The quantitative estimate of drug-likeness (QED) is 0.885. The Kier molecular flexibility index (Phi) is 2.52. The maximum atomic E-state index is 5.58. The fourth-order valence-electron chi connectivity index (χ4n) is 4.35. The predicted octanol–water partition coefficient (Wildman–Crippen LogP) is 2.97. The summed E-state index contributed by atoms with van der Waals surface area (Å²) in [5.74, 6) is 2.62. The van der Waals surface area contributed by atoms with E-state index in [0.29, 0.717) is 6.79 Å². The number of fused-ring (bicyclic) bond motifs is 4. The molecule has 102 valence electrons. The molecule has 0 amide bonds. The van der Waals surface area contributed by atoms with Gasteiger partial charge in [0.2, 0.25) is 6.79 Å². The molecule has 0 radical (unpaired) electrons. The zero-order chi connectivity index (χ0) is 12.9. The van der Waals surface area contributed by atoms with Crippen LogP contribution in [0.4, 0.5) is 0 Å². The second-order valence-corrected chi connectivity index (χ2v) is 6.01. The minimum absolute atomic E-state index is 0.198. The van der Waals surface area contributed by atoms with Gasteiger partial charge < -0.3 is 14.8 Å². The summed E-state index contributed by atoms with van der Waals surface area (Å²) in [7, 11) is 0. The van der Waals surface area contributed by atoms with Gasteiger partial charge in [0.25, 0.3) is 0 Å². The number of hydrogen-bond acceptors (Lipinski definition) is 3. The van der Waals surface area contributed by atoms with Gasteiger partial charge in [0.05, 0.1) is 0 Å². The molecule has 3 aliphatic rings. The molecule has 3 heteroatoms. The van der Waals surface area contributed by atoms with Crippen molar-refractivity contribution < 1.29 is 9.47 Å². The summed E-state index contributed by atoms with van der Waals surface area (Å²) in [5.41, 5.74) is 3.14. The van der Waals surface area contributed by atoms with Crippen LogP contribution in [-0.2, 0) is 12.0 Å². The molecule has 0 bridgehead atoms. The minimum atomic E-state index is 0.198. The van der Waals surface area contributed by atoms with Gasteiger partial charge in [-0.2, -0.15) is 0 Å². The van der Waals surface area contributed by atoms with Crippen LogP contribution in [0.15, 0.2) is 12.1 Å². The molecule has 2 unspecified atom stereocenters. The summed E-state index contributed by atoms with van der Waals surface area (Å²) in [6.07, 6.45) is 6.50. The van der Waals surface area contributed by atoms with E-state index in [-0.39, 0.29) is 5.54 Å². The first kappa shape index (κ1) is 11.6. The molecule has 2 atom stereocenters. The van der Waals surface area contributed by atoms with Gasteiger partial charge in [0.15, 0.2) is 11.5 Å². The maximum absolute atomic E-state index is 5.58. The topological polar surface area (TPSA) is 30.5 Å². The highest BCUT2D eigenvalue weighted by atomic mass is 16.7. The number of nitrogens with one attached hydrogen (secondary N) is 1. The van der Waals surface area contributed by atoms with E-state index in [4.69, 9.17) is 9.47 Å². The van der Waals surface area contributed by atoms with E-state index in [9.17, 15) is 0 Å². The van der Waals surface area contributed by atoms with Crippen molar-refractivity contribution in [1.82, 2.24) is 5.32 Å². The Morgan fingerprint density at radius 3 is 2.95 bits per heavy atom. The lowest BCUT2D eigenvalue weighted by molar-refractivity contribution is 0.160. The van der Waals surface area contributed by atoms with Crippen LogP contribution >= 0.6 is 0 Å². The Labute approximate surface area is 114 Å². The first-order valence-electron chi connectivity index (χ1n) is 7.51. The molecule has 1 saturated carbocycles. The molecule has 0 aromatic heterocycles. The van der Waals surface area contributed by atoms with Crippen molar-refractivity contribution in [2.24, 2.45) is 5.92 Å². The molecular weight excluding hydrogens is 238 g/mol. The largest absolute Gasteiger partial charge is 0.454 e. The van der Waals surface area contributed by atoms with E-state index in [1.165, 1.54) is 43.2 Å². The average Bonchev–Trinajstić information content (AvgIpc) is 2.98. The van der Waals surface area contributed by atoms with Crippen LogP contribution in [0.5, 0.6) is 11.5 Å². The zero-order valence-corrected chi connectivity index (χ0v) is 11.5. The van der Waals surface area contributed by atoms with Gasteiger partial charge in [-0.15, -0.1) is 0 Å². The molecule has 1 heterocycles. The molecule has 1 aromatic rings. The van der Waals surface area contributed by atoms with Crippen molar-refractivity contribution in [1.29, 1.82) is 0 Å². The van der Waals surface area contributed by atoms with Gasteiger partial charge in [0, 0.05) is 5.54 Å². The highest BCUT2D eigenvalue weighted by Gasteiger charge is 2.48. The summed E-state index contributed by atoms with van der Waals surface area (Å²) in [4.78, 5) is 0. The molecule has 3 nitrogen and oxygen atoms in total. The van der Waals surface area contributed by atoms with Gasteiger partial charge in [-0.25, -0.2) is 0 Å². The second kappa shape index (κ2) is 4.14. The van der Waals surface area contributed by atoms with Gasteiger partial charge in [-0.1, -0.05) is 19.8 Å². The zero-order valence-electron chi connectivity index (χ0n) is 11.5. The Bertz CT molecular complexity index is 510. The Morgan fingerprint density at radius 1 is 1.26 bits per heavy atom. The number of rotatable bonds is 2. The van der Waals surface area contributed by atoms with Crippen molar-refractivity contribution >= 4 is 0 Å². The third-order valence-corrected chi connectivity index (χ3v) is 5.11. The van der Waals surface area contributed by atoms with E-state index < -0.39 is 0 Å². The van der Waals surface area contributed by atoms with E-state index in [0.717, 1.165) is 24.0 Å². The normalized spacial score (nSPS) is 31.1. The summed E-state index contributed by atoms with van der Waals surface area (Å²) < 4.78 is 11.1. The molecule has 1 fully saturated rings. The van der Waals surface area contributed by atoms with E-state index in [2.05, 4.69) is 24.4 Å². The predicted molar refractivity (Wildman–Crippen MR) is 73.6 cm³/mol. The van der Waals surface area contributed by atoms with Crippen molar-refractivity contribution in [3.8, 4) is 11.5 Å². The fourth-order valence-corrected chi connectivity index (χ4v) is 4.35. The molecule has 1 N–H and O–H groups in total. The lowest BCUT2D eigenvalue weighted by Crippen LogP contribution is -2.47. The monoisotopic (exact) mass is 259 g/mol. The first-order chi connectivity index (χ1) is 9.33. The standard InChI is InChI=1S/C16H21NO2/c1-2-17-16-6-4-3-5-12(16)7-11-8-14-15(9-13(11)16)19-10-18-14/h8-9,12,17H,2-7,10H2,1H3. The molecule has 0 saturated heterocycles. The summed E-state index contributed by atoms with van der Waals surface area (Å²) in [6, 6.07) is 4.46. The summed E-state index contributed by atoms with van der Waals surface area (Å²) in [6.45, 7) is 3.62. The van der Waals surface area contributed by atoms with Crippen molar-refractivity contribution in [3.63, 3.8) is 0 Å². The van der Waals surface area contributed by atoms with Crippen molar-refractivity contribution in [2.75, 3.05) is 13.3 Å². The highest BCUT2D eigenvalue weighted by molar-refractivity contribution is 5.53. The Hall–Kier alpha value is -1.22. The number of ether oxygens (including phenoxy) is 2. The molecule has 1 aliphatic heterocycles. The molecule has 1 aromatic carbocycles. The van der Waals surface area contributed by atoms with Gasteiger partial charge >= 0.3 is 0 Å². The van der Waals surface area contributed by atoms with Crippen molar-refractivity contribution in [3.05, 3.63) is 23.3 Å². The van der Waals surface area contributed by atoms with Crippen LogP contribution in [0.25, 0.3) is 0 Å². The third kappa shape index (κ3) is 1.54. The Balaban J connectivity index is 1.83. The lowest BCUT2D eigenvalue weighted by atomic mass is 9.72. The lowest BCUT2D eigenvalue weighted by Gasteiger charge is -2.41. The average molecular weight is 259 g/mol. The summed E-state index contributed by atoms with van der Waals surface area (Å²) in [5, 5.41) is 3.81. The van der Waals surface area contributed by atoms with Crippen LogP contribution < -0.4 is 14.8 Å². The van der Waals surface area contributed by atoms with Crippen molar-refractivity contribution in [2.45, 2.75) is 44.6 Å². The van der Waals surface area contributed by atoms with Crippen LogP contribution in [-0.4, -0.2) is 13.3 Å². The van der Waals surface area contributed by atoms with Gasteiger partial charge in [-0.05, 0) is 55.0 Å². The molecular formula is C16H21NO2. The SMILES string of the molecule is CCNC12CCCCC1Cc1cc3c(cc12)OCO3. The van der Waals surface area contributed by atoms with Crippen LogP contribution in [0.3, 0.4) is 0 Å². The maximum Gasteiger partial charge on any atom is 0.231 e. The van der Waals surface area contributed by atoms with Crippen LogP contribution in [0.2, 0.25) is 0 Å². The van der Waals surface area contributed by atoms with Crippen LogP contribution in [0.1, 0.15) is 43.7 Å². The summed E-state index contributed by atoms with van der Waals surface area (Å²) >= 11 is 0. The van der Waals surface area contributed by atoms with E-state index in [1.807, 2.05) is 0 Å². The molecule has 0 spiro atoms.